The van der Waals surface area contributed by atoms with Crippen molar-refractivity contribution in [3.63, 3.8) is 0 Å². The van der Waals surface area contributed by atoms with Crippen LogP contribution in [0.15, 0.2) is 24.4 Å². The third-order valence-corrected chi connectivity index (χ3v) is 2.57. The quantitative estimate of drug-likeness (QED) is 0.697. The van der Waals surface area contributed by atoms with Crippen LogP contribution in [0, 0.1) is 0 Å². The van der Waals surface area contributed by atoms with Crippen molar-refractivity contribution in [2.24, 2.45) is 5.73 Å². The highest BCUT2D eigenvalue weighted by atomic mass is 32.1. The maximum absolute atomic E-state index is 5.55. The first-order valence-electron chi connectivity index (χ1n) is 3.44. The van der Waals surface area contributed by atoms with E-state index in [4.69, 9.17) is 5.73 Å². The lowest BCUT2D eigenvalue weighted by atomic mass is 10.2. The van der Waals surface area contributed by atoms with Crippen molar-refractivity contribution in [2.45, 2.75) is 6.54 Å². The summed E-state index contributed by atoms with van der Waals surface area (Å²) in [6, 6.07) is 6.11. The molecule has 2 N–H and O–H groups in total. The summed E-state index contributed by atoms with van der Waals surface area (Å²) < 4.78 is 5.31. The largest absolute Gasteiger partial charge is 0.326 e. The van der Waals surface area contributed by atoms with Gasteiger partial charge in [-0.15, -0.1) is 0 Å². The molecule has 3 heteroatoms. The molecule has 0 saturated carbocycles. The van der Waals surface area contributed by atoms with Gasteiger partial charge in [0.25, 0.3) is 0 Å². The van der Waals surface area contributed by atoms with Crippen molar-refractivity contribution in [2.75, 3.05) is 0 Å². The van der Waals surface area contributed by atoms with Crippen molar-refractivity contribution in [3.05, 3.63) is 30.0 Å². The van der Waals surface area contributed by atoms with Crippen molar-refractivity contribution in [3.8, 4) is 0 Å². The molecule has 0 atom stereocenters. The minimum atomic E-state index is 0.597. The zero-order valence-electron chi connectivity index (χ0n) is 5.95. The molecule has 11 heavy (non-hydrogen) atoms. The van der Waals surface area contributed by atoms with E-state index in [1.54, 1.807) is 0 Å². The average Bonchev–Trinajstić information content (AvgIpc) is 2.50. The first kappa shape index (κ1) is 6.76. The van der Waals surface area contributed by atoms with Gasteiger partial charge in [-0.2, -0.15) is 4.37 Å². The SMILES string of the molecule is NCc1cccc2cnsc12. The van der Waals surface area contributed by atoms with Gasteiger partial charge in [-0.3, -0.25) is 0 Å². The molecule has 2 nitrogen and oxygen atoms in total. The fourth-order valence-electron chi connectivity index (χ4n) is 1.11. The summed E-state index contributed by atoms with van der Waals surface area (Å²) in [5, 5.41) is 1.19. The third kappa shape index (κ3) is 1.02. The third-order valence-electron chi connectivity index (χ3n) is 1.68. The molecule has 0 aliphatic carbocycles. The molecule has 0 fully saturated rings. The Labute approximate surface area is 68.8 Å². The Balaban J connectivity index is 2.79. The van der Waals surface area contributed by atoms with Crippen molar-refractivity contribution in [1.29, 1.82) is 0 Å². The highest BCUT2D eigenvalue weighted by Crippen LogP contribution is 2.21. The zero-order chi connectivity index (χ0) is 7.68. The van der Waals surface area contributed by atoms with Crippen LogP contribution in [0.5, 0.6) is 0 Å². The smallest absolute Gasteiger partial charge is 0.0594 e. The minimum Gasteiger partial charge on any atom is -0.326 e. The Morgan fingerprint density at radius 2 is 2.36 bits per heavy atom. The van der Waals surface area contributed by atoms with E-state index >= 15 is 0 Å². The van der Waals surface area contributed by atoms with Gasteiger partial charge in [-0.05, 0) is 17.1 Å². The number of rotatable bonds is 1. The van der Waals surface area contributed by atoms with Crippen LogP contribution in [0.2, 0.25) is 0 Å². The molecule has 56 valence electrons. The zero-order valence-corrected chi connectivity index (χ0v) is 6.77. The number of hydrogen-bond acceptors (Lipinski definition) is 3. The molecule has 1 aromatic heterocycles. The summed E-state index contributed by atoms with van der Waals surface area (Å²) in [4.78, 5) is 0. The Morgan fingerprint density at radius 1 is 1.45 bits per heavy atom. The molecular weight excluding hydrogens is 156 g/mol. The van der Waals surface area contributed by atoms with E-state index in [1.165, 1.54) is 27.2 Å². The van der Waals surface area contributed by atoms with Gasteiger partial charge >= 0.3 is 0 Å². The van der Waals surface area contributed by atoms with Crippen molar-refractivity contribution in [1.82, 2.24) is 4.37 Å². The van der Waals surface area contributed by atoms with E-state index in [-0.39, 0.29) is 0 Å². The lowest BCUT2D eigenvalue weighted by Crippen LogP contribution is -1.95. The molecule has 2 rings (SSSR count). The topological polar surface area (TPSA) is 38.9 Å². The van der Waals surface area contributed by atoms with Gasteiger partial charge in [0.2, 0.25) is 0 Å². The Morgan fingerprint density at radius 3 is 3.18 bits per heavy atom. The summed E-state index contributed by atoms with van der Waals surface area (Å²) in [7, 11) is 0. The molecule has 0 amide bonds. The van der Waals surface area contributed by atoms with E-state index in [1.807, 2.05) is 18.3 Å². The van der Waals surface area contributed by atoms with Gasteiger partial charge in [-0.1, -0.05) is 18.2 Å². The van der Waals surface area contributed by atoms with Gasteiger partial charge < -0.3 is 5.73 Å². The summed E-state index contributed by atoms with van der Waals surface area (Å²) in [6.45, 7) is 0.597. The number of fused-ring (bicyclic) bond motifs is 1. The molecule has 1 aromatic carbocycles. The van der Waals surface area contributed by atoms with Crippen LogP contribution in [0.3, 0.4) is 0 Å². The first-order valence-corrected chi connectivity index (χ1v) is 4.21. The second kappa shape index (κ2) is 2.60. The number of nitrogens with two attached hydrogens (primary N) is 1. The van der Waals surface area contributed by atoms with Crippen LogP contribution < -0.4 is 5.73 Å². The van der Waals surface area contributed by atoms with Gasteiger partial charge in [0.05, 0.1) is 4.70 Å². The van der Waals surface area contributed by atoms with Gasteiger partial charge in [0.15, 0.2) is 0 Å². The second-order valence-corrected chi connectivity index (χ2v) is 3.17. The lowest BCUT2D eigenvalue weighted by molar-refractivity contribution is 1.09. The second-order valence-electron chi connectivity index (χ2n) is 2.37. The highest BCUT2D eigenvalue weighted by Gasteiger charge is 1.99. The molecule has 2 aromatic rings. The highest BCUT2D eigenvalue weighted by molar-refractivity contribution is 7.13. The molecule has 0 aliphatic heterocycles. The molecule has 1 heterocycles. The van der Waals surface area contributed by atoms with Crippen LogP contribution in [0.1, 0.15) is 5.56 Å². The van der Waals surface area contributed by atoms with Crippen LogP contribution in [-0.4, -0.2) is 4.37 Å². The number of hydrogen-bond donors (Lipinski definition) is 1. The van der Waals surface area contributed by atoms with Crippen LogP contribution in [-0.2, 0) is 6.54 Å². The van der Waals surface area contributed by atoms with Crippen LogP contribution >= 0.6 is 11.5 Å². The van der Waals surface area contributed by atoms with E-state index in [2.05, 4.69) is 10.4 Å². The van der Waals surface area contributed by atoms with Gasteiger partial charge in [0.1, 0.15) is 0 Å². The summed E-state index contributed by atoms with van der Waals surface area (Å²) >= 11 is 1.51. The predicted molar refractivity (Wildman–Crippen MR) is 47.5 cm³/mol. The number of aromatic nitrogens is 1. The molecule has 0 aliphatic rings. The normalized spacial score (nSPS) is 10.6. The lowest BCUT2D eigenvalue weighted by Gasteiger charge is -1.95. The summed E-state index contributed by atoms with van der Waals surface area (Å²) in [6.07, 6.45) is 1.87. The van der Waals surface area contributed by atoms with E-state index in [9.17, 15) is 0 Å². The molecular formula is C8H8N2S. The maximum Gasteiger partial charge on any atom is 0.0594 e. The van der Waals surface area contributed by atoms with E-state index < -0.39 is 0 Å². The summed E-state index contributed by atoms with van der Waals surface area (Å²) in [5.74, 6) is 0. The molecule has 0 spiro atoms. The van der Waals surface area contributed by atoms with E-state index in [0.29, 0.717) is 6.54 Å². The predicted octanol–water partition coefficient (Wildman–Crippen LogP) is 1.75. The average molecular weight is 164 g/mol. The fourth-order valence-corrected chi connectivity index (χ4v) is 1.88. The van der Waals surface area contributed by atoms with E-state index in [0.717, 1.165) is 0 Å². The van der Waals surface area contributed by atoms with Crippen molar-refractivity contribution < 1.29 is 0 Å². The first-order chi connectivity index (χ1) is 5.42. The molecule has 0 unspecified atom stereocenters. The number of benzene rings is 1. The maximum atomic E-state index is 5.55. The summed E-state index contributed by atoms with van der Waals surface area (Å²) in [5.41, 5.74) is 6.74. The Bertz CT molecular complexity index is 367. The van der Waals surface area contributed by atoms with Gasteiger partial charge in [0, 0.05) is 18.1 Å². The van der Waals surface area contributed by atoms with Crippen molar-refractivity contribution >= 4 is 21.6 Å². The molecule has 0 bridgehead atoms. The van der Waals surface area contributed by atoms with Crippen LogP contribution in [0.25, 0.3) is 10.1 Å². The van der Waals surface area contributed by atoms with Gasteiger partial charge in [-0.25, -0.2) is 0 Å². The fraction of sp³-hybridized carbons (Fsp3) is 0.125. The monoisotopic (exact) mass is 164 g/mol. The Hall–Kier alpha value is -0.930. The molecule has 0 saturated heterocycles. The van der Waals surface area contributed by atoms with Crippen LogP contribution in [0.4, 0.5) is 0 Å². The molecule has 0 radical (unpaired) electrons. The minimum absolute atomic E-state index is 0.597. The number of nitrogens with zero attached hydrogens (tertiary/aromatic N) is 1. The standard InChI is InChI=1S/C8H8N2S/c9-4-6-2-1-3-7-5-10-11-8(6)7/h1-3,5H,4,9H2. The Kier molecular flexibility index (Phi) is 1.60.